The quantitative estimate of drug-likeness (QED) is 0.729. The van der Waals surface area contributed by atoms with Gasteiger partial charge in [0.2, 0.25) is 0 Å². The van der Waals surface area contributed by atoms with E-state index in [9.17, 15) is 4.79 Å². The number of nitrogens with two attached hydrogens (primary N) is 1. The van der Waals surface area contributed by atoms with E-state index in [0.29, 0.717) is 17.3 Å². The number of rotatable bonds is 2. The SMILES string of the molecule is CC.Nc1ccccc1C(=O)NC1CC1. The van der Waals surface area contributed by atoms with Crippen LogP contribution in [0.4, 0.5) is 5.69 Å². The van der Waals surface area contributed by atoms with E-state index in [0.717, 1.165) is 12.8 Å². The first kappa shape index (κ1) is 11.6. The predicted molar refractivity (Wildman–Crippen MR) is 62.7 cm³/mol. The van der Waals surface area contributed by atoms with Crippen LogP contribution in [0.25, 0.3) is 0 Å². The minimum Gasteiger partial charge on any atom is -0.398 e. The zero-order chi connectivity index (χ0) is 11.3. The lowest BCUT2D eigenvalue weighted by atomic mass is 10.1. The Balaban J connectivity index is 0.000000531. The number of nitrogens with one attached hydrogen (secondary N) is 1. The van der Waals surface area contributed by atoms with Crippen LogP contribution in [-0.4, -0.2) is 11.9 Å². The number of carbonyl (C=O) groups excluding carboxylic acids is 1. The number of hydrogen-bond acceptors (Lipinski definition) is 2. The van der Waals surface area contributed by atoms with E-state index < -0.39 is 0 Å². The lowest BCUT2D eigenvalue weighted by molar-refractivity contribution is 0.0952. The first-order chi connectivity index (χ1) is 7.27. The molecule has 1 fully saturated rings. The molecule has 3 heteroatoms. The van der Waals surface area contributed by atoms with Crippen molar-refractivity contribution in [3.05, 3.63) is 29.8 Å². The Kier molecular flexibility index (Phi) is 4.16. The highest BCUT2D eigenvalue weighted by Crippen LogP contribution is 2.20. The zero-order valence-electron chi connectivity index (χ0n) is 9.29. The number of benzene rings is 1. The van der Waals surface area contributed by atoms with Crippen molar-refractivity contribution in [3.63, 3.8) is 0 Å². The second-order valence-electron chi connectivity index (χ2n) is 3.33. The summed E-state index contributed by atoms with van der Waals surface area (Å²) in [5, 5.41) is 2.89. The van der Waals surface area contributed by atoms with E-state index >= 15 is 0 Å². The molecule has 1 saturated carbocycles. The number of carbonyl (C=O) groups is 1. The number of anilines is 1. The van der Waals surface area contributed by atoms with Crippen LogP contribution in [0.3, 0.4) is 0 Å². The molecular formula is C12H18N2O. The summed E-state index contributed by atoms with van der Waals surface area (Å²) in [7, 11) is 0. The fraction of sp³-hybridized carbons (Fsp3) is 0.417. The summed E-state index contributed by atoms with van der Waals surface area (Å²) in [5.74, 6) is -0.0550. The van der Waals surface area contributed by atoms with Gasteiger partial charge in [0.05, 0.1) is 5.56 Å². The monoisotopic (exact) mass is 206 g/mol. The molecule has 2 rings (SSSR count). The summed E-state index contributed by atoms with van der Waals surface area (Å²) in [6, 6.07) is 7.50. The topological polar surface area (TPSA) is 55.1 Å². The first-order valence-electron chi connectivity index (χ1n) is 5.43. The Morgan fingerprint density at radius 2 is 1.93 bits per heavy atom. The average molecular weight is 206 g/mol. The van der Waals surface area contributed by atoms with E-state index in [1.807, 2.05) is 26.0 Å². The molecule has 15 heavy (non-hydrogen) atoms. The van der Waals surface area contributed by atoms with Crippen LogP contribution < -0.4 is 11.1 Å². The van der Waals surface area contributed by atoms with E-state index in [-0.39, 0.29) is 5.91 Å². The molecule has 0 atom stereocenters. The van der Waals surface area contributed by atoms with Gasteiger partial charge in [-0.1, -0.05) is 26.0 Å². The fourth-order valence-electron chi connectivity index (χ4n) is 1.19. The maximum Gasteiger partial charge on any atom is 0.253 e. The van der Waals surface area contributed by atoms with Gasteiger partial charge in [-0.05, 0) is 25.0 Å². The summed E-state index contributed by atoms with van der Waals surface area (Å²) in [5.41, 5.74) is 6.78. The number of amides is 1. The number of nitrogen functional groups attached to an aromatic ring is 1. The third-order valence-electron chi connectivity index (χ3n) is 2.12. The lowest BCUT2D eigenvalue weighted by Crippen LogP contribution is -2.26. The molecule has 1 aliphatic rings. The third kappa shape index (κ3) is 3.27. The minimum atomic E-state index is -0.0550. The molecule has 0 spiro atoms. The lowest BCUT2D eigenvalue weighted by Gasteiger charge is -2.05. The van der Waals surface area contributed by atoms with Crippen LogP contribution in [0, 0.1) is 0 Å². The van der Waals surface area contributed by atoms with Gasteiger partial charge in [0.15, 0.2) is 0 Å². The van der Waals surface area contributed by atoms with Gasteiger partial charge in [-0.15, -0.1) is 0 Å². The molecule has 0 aliphatic heterocycles. The van der Waals surface area contributed by atoms with Crippen molar-refractivity contribution in [3.8, 4) is 0 Å². The summed E-state index contributed by atoms with van der Waals surface area (Å²) < 4.78 is 0. The molecule has 0 unspecified atom stereocenters. The zero-order valence-corrected chi connectivity index (χ0v) is 9.29. The standard InChI is InChI=1S/C10H12N2O.C2H6/c11-9-4-2-1-3-8(9)10(13)12-7-5-6-7;1-2/h1-4,7H,5-6,11H2,(H,12,13);1-2H3. The molecule has 1 amide bonds. The Labute approximate surface area is 90.7 Å². The smallest absolute Gasteiger partial charge is 0.253 e. The van der Waals surface area contributed by atoms with E-state index in [2.05, 4.69) is 5.32 Å². The Morgan fingerprint density at radius 3 is 2.47 bits per heavy atom. The summed E-state index contributed by atoms with van der Waals surface area (Å²) in [6.45, 7) is 4.00. The Bertz CT molecular complexity index is 332. The minimum absolute atomic E-state index is 0.0550. The normalized spacial score (nSPS) is 13.7. The molecule has 0 heterocycles. The van der Waals surface area contributed by atoms with Gasteiger partial charge in [0.25, 0.3) is 5.91 Å². The van der Waals surface area contributed by atoms with Gasteiger partial charge in [-0.25, -0.2) is 0 Å². The average Bonchev–Trinajstić information content (AvgIpc) is 3.05. The summed E-state index contributed by atoms with van der Waals surface area (Å²) >= 11 is 0. The van der Waals surface area contributed by atoms with Gasteiger partial charge in [-0.3, -0.25) is 4.79 Å². The molecule has 3 nitrogen and oxygen atoms in total. The van der Waals surface area contributed by atoms with E-state index in [1.165, 1.54) is 0 Å². The van der Waals surface area contributed by atoms with Crippen LogP contribution in [0.1, 0.15) is 37.0 Å². The highest BCUT2D eigenvalue weighted by molar-refractivity contribution is 5.99. The van der Waals surface area contributed by atoms with Crippen molar-refractivity contribution in [2.75, 3.05) is 5.73 Å². The molecule has 0 aromatic heterocycles. The van der Waals surface area contributed by atoms with Crippen molar-refractivity contribution in [2.45, 2.75) is 32.7 Å². The summed E-state index contributed by atoms with van der Waals surface area (Å²) in [6.07, 6.45) is 2.19. The summed E-state index contributed by atoms with van der Waals surface area (Å²) in [4.78, 5) is 11.5. The molecule has 0 bridgehead atoms. The highest BCUT2D eigenvalue weighted by atomic mass is 16.1. The Morgan fingerprint density at radius 1 is 1.33 bits per heavy atom. The molecule has 0 saturated heterocycles. The van der Waals surface area contributed by atoms with Crippen LogP contribution in [-0.2, 0) is 0 Å². The van der Waals surface area contributed by atoms with Crippen LogP contribution in [0.15, 0.2) is 24.3 Å². The molecule has 0 radical (unpaired) electrons. The molecule has 3 N–H and O–H groups in total. The molecule has 1 aromatic rings. The van der Waals surface area contributed by atoms with Crippen molar-refractivity contribution in [1.82, 2.24) is 5.32 Å². The van der Waals surface area contributed by atoms with Gasteiger partial charge in [0, 0.05) is 11.7 Å². The first-order valence-corrected chi connectivity index (χ1v) is 5.43. The number of hydrogen-bond donors (Lipinski definition) is 2. The van der Waals surface area contributed by atoms with Crippen molar-refractivity contribution in [2.24, 2.45) is 0 Å². The predicted octanol–water partition coefficient (Wildman–Crippen LogP) is 2.19. The highest BCUT2D eigenvalue weighted by Gasteiger charge is 2.24. The molecular weight excluding hydrogens is 188 g/mol. The molecule has 1 aromatic carbocycles. The van der Waals surface area contributed by atoms with E-state index in [4.69, 9.17) is 5.73 Å². The largest absolute Gasteiger partial charge is 0.398 e. The van der Waals surface area contributed by atoms with Crippen molar-refractivity contribution in [1.29, 1.82) is 0 Å². The van der Waals surface area contributed by atoms with Gasteiger partial charge in [0.1, 0.15) is 0 Å². The van der Waals surface area contributed by atoms with Crippen LogP contribution in [0.2, 0.25) is 0 Å². The van der Waals surface area contributed by atoms with Gasteiger partial charge >= 0.3 is 0 Å². The van der Waals surface area contributed by atoms with Crippen molar-refractivity contribution >= 4 is 11.6 Å². The number of para-hydroxylation sites is 1. The van der Waals surface area contributed by atoms with Gasteiger partial charge in [-0.2, -0.15) is 0 Å². The van der Waals surface area contributed by atoms with Crippen LogP contribution in [0.5, 0.6) is 0 Å². The second kappa shape index (κ2) is 5.39. The molecule has 82 valence electrons. The van der Waals surface area contributed by atoms with Crippen molar-refractivity contribution < 1.29 is 4.79 Å². The maximum absolute atomic E-state index is 11.5. The Hall–Kier alpha value is -1.51. The molecule has 1 aliphatic carbocycles. The maximum atomic E-state index is 11.5. The van der Waals surface area contributed by atoms with Crippen LogP contribution >= 0.6 is 0 Å². The fourth-order valence-corrected chi connectivity index (χ4v) is 1.19. The second-order valence-corrected chi connectivity index (χ2v) is 3.33. The van der Waals surface area contributed by atoms with E-state index in [1.54, 1.807) is 12.1 Å². The third-order valence-corrected chi connectivity index (χ3v) is 2.12. The van der Waals surface area contributed by atoms with Gasteiger partial charge < -0.3 is 11.1 Å².